The van der Waals surface area contributed by atoms with Crippen LogP contribution in [0.5, 0.6) is 0 Å². The molecule has 20 heteroatoms. The number of ether oxygens (including phenoxy) is 1. The van der Waals surface area contributed by atoms with Gasteiger partial charge in [0.25, 0.3) is 5.97 Å². The number of anilines is 1. The van der Waals surface area contributed by atoms with Crippen LogP contribution < -0.4 is 43.7 Å². The average Bonchev–Trinajstić information content (AvgIpc) is 3.07. The first-order chi connectivity index (χ1) is 26.0. The van der Waals surface area contributed by atoms with Crippen molar-refractivity contribution in [3.63, 3.8) is 0 Å². The molecule has 310 valence electrons. The van der Waals surface area contributed by atoms with E-state index in [-0.39, 0.29) is 43.0 Å². The van der Waals surface area contributed by atoms with Crippen LogP contribution in [0, 0.1) is 12.8 Å². The van der Waals surface area contributed by atoms with Crippen molar-refractivity contribution >= 4 is 64.3 Å². The van der Waals surface area contributed by atoms with Gasteiger partial charge in [0.2, 0.25) is 23.6 Å². The van der Waals surface area contributed by atoms with Gasteiger partial charge in [-0.05, 0) is 70.6 Å². The molecule has 0 bridgehead atoms. The SMILES string of the molecule is CC(=O)O.CCC(C)[C@H](NC(=O)OC(C)(C)C)C(=O)N[C@@H](CCC(=O)O)C(=O)NCC(=O)N[C@@H](CCCN=C(N)N)C(=O)Nc1ccc2c(C)cc(=O)oc2c1. The number of nitrogens with two attached hydrogens (primary N) is 2. The van der Waals surface area contributed by atoms with Gasteiger partial charge in [0.1, 0.15) is 29.3 Å². The third kappa shape index (κ3) is 18.7. The Morgan fingerprint density at radius 1 is 0.929 bits per heavy atom. The molecule has 2 rings (SSSR count). The smallest absolute Gasteiger partial charge is 0.408 e. The summed E-state index contributed by atoms with van der Waals surface area (Å²) in [7, 11) is 0. The number of guanidine groups is 1. The van der Waals surface area contributed by atoms with Gasteiger partial charge < -0.3 is 57.4 Å². The van der Waals surface area contributed by atoms with Crippen molar-refractivity contribution in [2.24, 2.45) is 22.4 Å². The summed E-state index contributed by atoms with van der Waals surface area (Å²) in [4.78, 5) is 101. The number of aliphatic carboxylic acids is 2. The van der Waals surface area contributed by atoms with Crippen LogP contribution in [-0.4, -0.2) is 94.6 Å². The fourth-order valence-corrected chi connectivity index (χ4v) is 4.87. The van der Waals surface area contributed by atoms with E-state index >= 15 is 0 Å². The number of carbonyl (C=O) groups is 7. The summed E-state index contributed by atoms with van der Waals surface area (Å²) in [6, 6.07) is 2.45. The van der Waals surface area contributed by atoms with E-state index in [2.05, 4.69) is 31.6 Å². The second kappa shape index (κ2) is 22.9. The van der Waals surface area contributed by atoms with Gasteiger partial charge in [0, 0.05) is 43.1 Å². The number of aliphatic imine (C=N–C) groups is 1. The quantitative estimate of drug-likeness (QED) is 0.0442. The summed E-state index contributed by atoms with van der Waals surface area (Å²) in [5.41, 5.74) is 10.6. The van der Waals surface area contributed by atoms with Gasteiger partial charge in [-0.1, -0.05) is 20.3 Å². The van der Waals surface area contributed by atoms with E-state index in [0.717, 1.165) is 6.92 Å². The lowest BCUT2D eigenvalue weighted by Gasteiger charge is -2.28. The standard InChI is InChI=1S/C34H50N8O10.C2H4O2/c1-7-18(2)28(42-33(50)52-34(4,5)6)31(49)41-23(12-13-26(44)45)29(47)38-17-25(43)40-22(9-8-14-37-32(35)36)30(48)39-20-10-11-21-19(3)15-27(46)51-24(21)16-20;1-2(3)4/h10-11,15-16,18,22-23,28H,7-9,12-14,17H2,1-6H3,(H,38,47)(H,39,48)(H,40,43)(H,41,49)(H,42,50)(H,44,45)(H4,35,36,37);1H3,(H,3,4)/t18?,22-,23-,28-;/m0./s1. The van der Waals surface area contributed by atoms with Gasteiger partial charge in [-0.15, -0.1) is 0 Å². The number of hydrogen-bond donors (Lipinski definition) is 9. The van der Waals surface area contributed by atoms with Crippen LogP contribution in [0.25, 0.3) is 11.0 Å². The lowest BCUT2D eigenvalue weighted by Crippen LogP contribution is -2.57. The number of amides is 5. The Morgan fingerprint density at radius 3 is 2.12 bits per heavy atom. The maximum atomic E-state index is 13.3. The van der Waals surface area contributed by atoms with Gasteiger partial charge in [-0.2, -0.15) is 0 Å². The van der Waals surface area contributed by atoms with E-state index in [1.807, 2.05) is 0 Å². The molecule has 0 saturated carbocycles. The van der Waals surface area contributed by atoms with Crippen LogP contribution in [0.3, 0.4) is 0 Å². The fraction of sp³-hybridized carbons (Fsp3) is 0.528. The van der Waals surface area contributed by atoms with Gasteiger partial charge in [0.15, 0.2) is 5.96 Å². The highest BCUT2D eigenvalue weighted by Crippen LogP contribution is 2.21. The van der Waals surface area contributed by atoms with Crippen LogP contribution in [-0.2, 0) is 33.5 Å². The number of carbonyl (C=O) groups excluding carboxylic acids is 5. The highest BCUT2D eigenvalue weighted by atomic mass is 16.6. The number of rotatable bonds is 18. The lowest BCUT2D eigenvalue weighted by molar-refractivity contribution is -0.138. The van der Waals surface area contributed by atoms with Crippen molar-refractivity contribution in [1.82, 2.24) is 21.3 Å². The molecule has 0 aliphatic rings. The predicted molar refractivity (Wildman–Crippen MR) is 205 cm³/mol. The molecule has 1 unspecified atom stereocenters. The first-order valence-electron chi connectivity index (χ1n) is 17.7. The first kappa shape index (κ1) is 47.8. The molecule has 0 aliphatic heterocycles. The molecule has 4 atom stereocenters. The van der Waals surface area contributed by atoms with E-state index in [1.165, 1.54) is 12.1 Å². The zero-order valence-corrected chi connectivity index (χ0v) is 32.6. The maximum absolute atomic E-state index is 13.3. The van der Waals surface area contributed by atoms with Gasteiger partial charge in [-0.25, -0.2) is 9.59 Å². The number of carboxylic acid groups (broad SMARTS) is 2. The molecular weight excluding hydrogens is 736 g/mol. The minimum Gasteiger partial charge on any atom is -0.481 e. The molecule has 5 amide bonds. The van der Waals surface area contributed by atoms with Crippen molar-refractivity contribution in [2.45, 2.75) is 104 Å². The number of nitrogens with one attached hydrogen (secondary N) is 5. The molecule has 0 fully saturated rings. The zero-order valence-electron chi connectivity index (χ0n) is 32.6. The Labute approximate surface area is 323 Å². The number of benzene rings is 1. The largest absolute Gasteiger partial charge is 0.481 e. The first-order valence-corrected chi connectivity index (χ1v) is 17.7. The molecule has 1 aromatic heterocycles. The highest BCUT2D eigenvalue weighted by Gasteiger charge is 2.32. The molecule has 0 saturated heterocycles. The Bertz CT molecular complexity index is 1800. The molecule has 1 aromatic carbocycles. The topological polar surface area (TPSA) is 324 Å². The van der Waals surface area contributed by atoms with E-state index in [1.54, 1.807) is 53.7 Å². The molecule has 0 aliphatic carbocycles. The lowest BCUT2D eigenvalue weighted by atomic mass is 9.97. The Morgan fingerprint density at radius 2 is 1.55 bits per heavy atom. The van der Waals surface area contributed by atoms with E-state index in [4.69, 9.17) is 30.5 Å². The molecule has 11 N–H and O–H groups in total. The van der Waals surface area contributed by atoms with Crippen LogP contribution in [0.1, 0.15) is 79.2 Å². The van der Waals surface area contributed by atoms with Crippen LogP contribution in [0.15, 0.2) is 38.5 Å². The van der Waals surface area contributed by atoms with Crippen LogP contribution in [0.2, 0.25) is 0 Å². The summed E-state index contributed by atoms with van der Waals surface area (Å²) >= 11 is 0. The molecule has 1 heterocycles. The average molecular weight is 791 g/mol. The van der Waals surface area contributed by atoms with Crippen molar-refractivity contribution in [3.8, 4) is 0 Å². The summed E-state index contributed by atoms with van der Waals surface area (Å²) in [6.45, 7) is 10.8. The molecule has 2 aromatic rings. The van der Waals surface area contributed by atoms with Crippen LogP contribution >= 0.6 is 0 Å². The minimum absolute atomic E-state index is 0.0863. The number of hydrogen-bond acceptors (Lipinski definition) is 11. The second-order valence-corrected chi connectivity index (χ2v) is 13.8. The number of aryl methyl sites for hydroxylation is 1. The van der Waals surface area contributed by atoms with Crippen LogP contribution in [0.4, 0.5) is 10.5 Å². The number of carboxylic acids is 2. The highest BCUT2D eigenvalue weighted by molar-refractivity contribution is 5.99. The number of fused-ring (bicyclic) bond motifs is 1. The normalized spacial score (nSPS) is 12.9. The number of nitrogens with zero attached hydrogens (tertiary/aromatic N) is 1. The Kier molecular flexibility index (Phi) is 19.5. The van der Waals surface area contributed by atoms with Gasteiger partial charge in [-0.3, -0.25) is 33.8 Å². The van der Waals surface area contributed by atoms with Gasteiger partial charge in [0.05, 0.1) is 6.54 Å². The Balaban J connectivity index is 0.00000373. The second-order valence-electron chi connectivity index (χ2n) is 13.8. The van der Waals surface area contributed by atoms with Crippen molar-refractivity contribution in [1.29, 1.82) is 0 Å². The maximum Gasteiger partial charge on any atom is 0.408 e. The van der Waals surface area contributed by atoms with Crippen molar-refractivity contribution in [3.05, 3.63) is 40.2 Å². The molecule has 56 heavy (non-hydrogen) atoms. The predicted octanol–water partition coefficient (Wildman–Crippen LogP) is 1.07. The molecular formula is C36H54N8O12. The van der Waals surface area contributed by atoms with Gasteiger partial charge >= 0.3 is 17.7 Å². The third-order valence-corrected chi connectivity index (χ3v) is 7.69. The van der Waals surface area contributed by atoms with E-state index in [9.17, 15) is 38.7 Å². The van der Waals surface area contributed by atoms with E-state index < -0.39 is 89.9 Å². The number of alkyl carbamates (subject to hydrolysis) is 1. The summed E-state index contributed by atoms with van der Waals surface area (Å²) in [6.07, 6.45) is -0.827. The van der Waals surface area contributed by atoms with Crippen molar-refractivity contribution < 1.29 is 52.9 Å². The molecule has 0 spiro atoms. The van der Waals surface area contributed by atoms with E-state index in [0.29, 0.717) is 17.4 Å². The van der Waals surface area contributed by atoms with Crippen molar-refractivity contribution in [2.75, 3.05) is 18.4 Å². The monoisotopic (exact) mass is 790 g/mol. The minimum atomic E-state index is -1.39. The zero-order chi connectivity index (χ0) is 42.7. The molecule has 20 nitrogen and oxygen atoms in total. The molecule has 0 radical (unpaired) electrons. The fourth-order valence-electron chi connectivity index (χ4n) is 4.87. The Hall–Kier alpha value is -6.21. The summed E-state index contributed by atoms with van der Waals surface area (Å²) in [5.74, 6) is -5.63. The summed E-state index contributed by atoms with van der Waals surface area (Å²) < 4.78 is 10.5. The summed E-state index contributed by atoms with van der Waals surface area (Å²) in [5, 5.41) is 29.9. The third-order valence-electron chi connectivity index (χ3n) is 7.69.